The lowest BCUT2D eigenvalue weighted by Gasteiger charge is -2.20. The van der Waals surface area contributed by atoms with Crippen molar-refractivity contribution in [2.24, 2.45) is 5.92 Å². The van der Waals surface area contributed by atoms with Crippen LogP contribution in [0.1, 0.15) is 20.3 Å². The lowest BCUT2D eigenvalue weighted by atomic mass is 10.1. The van der Waals surface area contributed by atoms with Crippen LogP contribution in [0.2, 0.25) is 0 Å². The molecule has 1 atom stereocenters. The van der Waals surface area contributed by atoms with Crippen LogP contribution in [0.4, 0.5) is 11.4 Å². The molecule has 1 heterocycles. The topological polar surface area (TPSA) is 77.1 Å². The molecule has 0 spiro atoms. The molecule has 0 aliphatic carbocycles. The third-order valence-corrected chi connectivity index (χ3v) is 4.68. The summed E-state index contributed by atoms with van der Waals surface area (Å²) < 4.78 is 16.4. The van der Waals surface area contributed by atoms with Crippen LogP contribution in [0.15, 0.2) is 42.5 Å². The normalized spacial score (nSPS) is 16.1. The molecule has 0 saturated carbocycles. The molecule has 1 aliphatic heterocycles. The van der Waals surface area contributed by atoms with Gasteiger partial charge in [-0.05, 0) is 38.1 Å². The predicted octanol–water partition coefficient (Wildman–Crippen LogP) is 3.48. The average Bonchev–Trinajstić information content (AvgIpc) is 3.10. The number of hydrogen-bond acceptors (Lipinski definition) is 5. The summed E-state index contributed by atoms with van der Waals surface area (Å²) in [6, 6.07) is 12.5. The number of methoxy groups -OCH3 is 2. The van der Waals surface area contributed by atoms with Gasteiger partial charge in [0.25, 0.3) is 0 Å². The number of rotatable bonds is 7. The van der Waals surface area contributed by atoms with E-state index in [1.807, 2.05) is 32.0 Å². The van der Waals surface area contributed by atoms with E-state index in [4.69, 9.17) is 14.2 Å². The molecular formula is C22H26N2O5. The second-order valence-electron chi connectivity index (χ2n) is 7.10. The van der Waals surface area contributed by atoms with E-state index in [0.29, 0.717) is 28.6 Å². The highest BCUT2D eigenvalue weighted by Gasteiger charge is 2.36. The number of para-hydroxylation sites is 2. The molecule has 1 unspecified atom stereocenters. The van der Waals surface area contributed by atoms with Crippen molar-refractivity contribution in [2.75, 3.05) is 31.0 Å². The summed E-state index contributed by atoms with van der Waals surface area (Å²) in [5, 5.41) is 2.90. The fourth-order valence-electron chi connectivity index (χ4n) is 3.29. The Morgan fingerprint density at radius 3 is 2.55 bits per heavy atom. The predicted molar refractivity (Wildman–Crippen MR) is 111 cm³/mol. The summed E-state index contributed by atoms with van der Waals surface area (Å²) in [7, 11) is 3.10. The van der Waals surface area contributed by atoms with E-state index in [9.17, 15) is 9.59 Å². The Morgan fingerprint density at radius 2 is 1.86 bits per heavy atom. The third kappa shape index (κ3) is 4.62. The number of amides is 2. The number of ether oxygens (including phenoxy) is 3. The van der Waals surface area contributed by atoms with Gasteiger partial charge in [-0.2, -0.15) is 0 Å². The van der Waals surface area contributed by atoms with Crippen molar-refractivity contribution in [3.8, 4) is 17.2 Å². The summed E-state index contributed by atoms with van der Waals surface area (Å²) in [6.07, 6.45) is 0.118. The highest BCUT2D eigenvalue weighted by Crippen LogP contribution is 2.36. The Balaban J connectivity index is 1.75. The molecule has 0 bridgehead atoms. The first-order chi connectivity index (χ1) is 13.9. The summed E-state index contributed by atoms with van der Waals surface area (Å²) in [4.78, 5) is 27.0. The minimum Gasteiger partial charge on any atom is -0.497 e. The summed E-state index contributed by atoms with van der Waals surface area (Å²) in [6.45, 7) is 4.13. The molecule has 0 radical (unpaired) electrons. The highest BCUT2D eigenvalue weighted by atomic mass is 16.5. The lowest BCUT2D eigenvalue weighted by molar-refractivity contribution is -0.122. The molecule has 29 heavy (non-hydrogen) atoms. The van der Waals surface area contributed by atoms with Crippen molar-refractivity contribution in [1.82, 2.24) is 0 Å². The first kappa shape index (κ1) is 20.5. The standard InChI is InChI=1S/C22H26N2O5/c1-14(2)29-19-8-6-5-7-17(19)23-22(26)15-11-21(25)24(13-15)18-10-9-16(27-3)12-20(18)28-4/h5-10,12,14-15H,11,13H2,1-4H3,(H,23,26). The Bertz CT molecular complexity index is 897. The first-order valence-corrected chi connectivity index (χ1v) is 9.52. The van der Waals surface area contributed by atoms with Gasteiger partial charge in [0.2, 0.25) is 11.8 Å². The Kier molecular flexibility index (Phi) is 6.26. The molecule has 3 rings (SSSR count). The highest BCUT2D eigenvalue weighted by molar-refractivity contribution is 6.04. The SMILES string of the molecule is COc1ccc(N2CC(C(=O)Nc3ccccc3OC(C)C)CC2=O)c(OC)c1. The van der Waals surface area contributed by atoms with Gasteiger partial charge in [0, 0.05) is 19.0 Å². The molecule has 1 aliphatic rings. The van der Waals surface area contributed by atoms with Crippen LogP contribution in [0, 0.1) is 5.92 Å². The van der Waals surface area contributed by atoms with Gasteiger partial charge in [0.05, 0.1) is 37.6 Å². The maximum absolute atomic E-state index is 12.8. The molecule has 7 nitrogen and oxygen atoms in total. The van der Waals surface area contributed by atoms with Gasteiger partial charge in [-0.25, -0.2) is 0 Å². The fraction of sp³-hybridized carbons (Fsp3) is 0.364. The van der Waals surface area contributed by atoms with E-state index >= 15 is 0 Å². The van der Waals surface area contributed by atoms with E-state index in [1.54, 1.807) is 36.3 Å². The summed E-state index contributed by atoms with van der Waals surface area (Å²) in [5.41, 5.74) is 1.22. The largest absolute Gasteiger partial charge is 0.497 e. The third-order valence-electron chi connectivity index (χ3n) is 4.68. The van der Waals surface area contributed by atoms with Gasteiger partial charge in [-0.3, -0.25) is 9.59 Å². The van der Waals surface area contributed by atoms with Crippen LogP contribution in [0.25, 0.3) is 0 Å². The maximum Gasteiger partial charge on any atom is 0.229 e. The monoisotopic (exact) mass is 398 g/mol. The molecule has 1 fully saturated rings. The van der Waals surface area contributed by atoms with E-state index in [1.165, 1.54) is 7.11 Å². The smallest absolute Gasteiger partial charge is 0.229 e. The minimum absolute atomic E-state index is 0.0147. The zero-order valence-electron chi connectivity index (χ0n) is 17.1. The van der Waals surface area contributed by atoms with E-state index in [-0.39, 0.29) is 30.9 Å². The summed E-state index contributed by atoms with van der Waals surface area (Å²) in [5.74, 6) is 0.950. The van der Waals surface area contributed by atoms with Crippen LogP contribution >= 0.6 is 0 Å². The molecule has 2 amide bonds. The van der Waals surface area contributed by atoms with Gasteiger partial charge in [-0.15, -0.1) is 0 Å². The molecule has 0 aromatic heterocycles. The van der Waals surface area contributed by atoms with Crippen molar-refractivity contribution < 1.29 is 23.8 Å². The van der Waals surface area contributed by atoms with Crippen LogP contribution in [-0.2, 0) is 9.59 Å². The summed E-state index contributed by atoms with van der Waals surface area (Å²) >= 11 is 0. The van der Waals surface area contributed by atoms with Crippen molar-refractivity contribution in [2.45, 2.75) is 26.4 Å². The van der Waals surface area contributed by atoms with Crippen LogP contribution < -0.4 is 24.4 Å². The molecular weight excluding hydrogens is 372 g/mol. The number of nitrogens with one attached hydrogen (secondary N) is 1. The minimum atomic E-state index is -0.471. The Hall–Kier alpha value is -3.22. The average molecular weight is 398 g/mol. The zero-order valence-corrected chi connectivity index (χ0v) is 17.1. The van der Waals surface area contributed by atoms with E-state index < -0.39 is 5.92 Å². The van der Waals surface area contributed by atoms with Gasteiger partial charge >= 0.3 is 0 Å². The van der Waals surface area contributed by atoms with E-state index in [0.717, 1.165) is 0 Å². The van der Waals surface area contributed by atoms with Crippen molar-refractivity contribution >= 4 is 23.2 Å². The maximum atomic E-state index is 12.8. The van der Waals surface area contributed by atoms with Gasteiger partial charge in [0.15, 0.2) is 0 Å². The zero-order chi connectivity index (χ0) is 21.0. The van der Waals surface area contributed by atoms with Crippen molar-refractivity contribution in [3.63, 3.8) is 0 Å². The second kappa shape index (κ2) is 8.86. The van der Waals surface area contributed by atoms with Crippen molar-refractivity contribution in [3.05, 3.63) is 42.5 Å². The molecule has 2 aromatic rings. The van der Waals surface area contributed by atoms with Crippen molar-refractivity contribution in [1.29, 1.82) is 0 Å². The van der Waals surface area contributed by atoms with E-state index in [2.05, 4.69) is 5.32 Å². The van der Waals surface area contributed by atoms with Gasteiger partial charge < -0.3 is 24.4 Å². The molecule has 154 valence electrons. The van der Waals surface area contributed by atoms with Crippen LogP contribution in [-0.4, -0.2) is 38.7 Å². The number of nitrogens with zero attached hydrogens (tertiary/aromatic N) is 1. The second-order valence-corrected chi connectivity index (χ2v) is 7.10. The number of carbonyl (C=O) groups is 2. The van der Waals surface area contributed by atoms with Gasteiger partial charge in [-0.1, -0.05) is 12.1 Å². The quantitative estimate of drug-likeness (QED) is 0.773. The first-order valence-electron chi connectivity index (χ1n) is 9.52. The number of benzene rings is 2. The Labute approximate surface area is 170 Å². The number of carbonyl (C=O) groups excluding carboxylic acids is 2. The number of anilines is 2. The van der Waals surface area contributed by atoms with Crippen LogP contribution in [0.5, 0.6) is 17.2 Å². The molecule has 1 saturated heterocycles. The fourth-order valence-corrected chi connectivity index (χ4v) is 3.29. The molecule has 7 heteroatoms. The lowest BCUT2D eigenvalue weighted by Crippen LogP contribution is -2.28. The number of hydrogen-bond donors (Lipinski definition) is 1. The molecule has 2 aromatic carbocycles. The Morgan fingerprint density at radius 1 is 1.10 bits per heavy atom. The van der Waals surface area contributed by atoms with Gasteiger partial charge in [0.1, 0.15) is 17.2 Å². The van der Waals surface area contributed by atoms with Crippen LogP contribution in [0.3, 0.4) is 0 Å². The molecule has 1 N–H and O–H groups in total.